The van der Waals surface area contributed by atoms with E-state index in [9.17, 15) is 0 Å². The van der Waals surface area contributed by atoms with Gasteiger partial charge < -0.3 is 9.55 Å². The number of rotatable bonds is 3. The van der Waals surface area contributed by atoms with Crippen LogP contribution in [0.5, 0.6) is 0 Å². The number of thiophene rings is 1. The summed E-state index contributed by atoms with van der Waals surface area (Å²) < 4.78 is 2.05. The van der Waals surface area contributed by atoms with Crippen molar-refractivity contribution < 1.29 is 0 Å². The smallest absolute Gasteiger partial charge is 0.116 e. The number of aromatic amines is 2. The molecule has 0 bridgehead atoms. The average Bonchev–Trinajstić information content (AvgIpc) is 3.54. The molecule has 30 heavy (non-hydrogen) atoms. The molecule has 0 fully saturated rings. The maximum absolute atomic E-state index is 4.61. The molecule has 5 heterocycles. The SMILES string of the molecule is Cc1ncc(-c2cc3c(-c4cc5c(-c6cccs6)cccc5[nH]4)n[nH]c3cn2)n1C. The first-order valence-corrected chi connectivity index (χ1v) is 10.6. The number of nitrogens with zero attached hydrogens (tertiary/aromatic N) is 4. The summed E-state index contributed by atoms with van der Waals surface area (Å²) in [7, 11) is 2.00. The molecule has 6 aromatic rings. The van der Waals surface area contributed by atoms with Gasteiger partial charge in [-0.15, -0.1) is 11.3 Å². The van der Waals surface area contributed by atoms with Gasteiger partial charge in [0.05, 0.1) is 35.0 Å². The van der Waals surface area contributed by atoms with Crippen LogP contribution < -0.4 is 0 Å². The van der Waals surface area contributed by atoms with Crippen molar-refractivity contribution >= 4 is 33.1 Å². The van der Waals surface area contributed by atoms with Crippen LogP contribution in [0.1, 0.15) is 5.82 Å². The summed E-state index contributed by atoms with van der Waals surface area (Å²) in [6.07, 6.45) is 3.70. The van der Waals surface area contributed by atoms with E-state index in [4.69, 9.17) is 0 Å². The van der Waals surface area contributed by atoms with Gasteiger partial charge in [-0.3, -0.25) is 10.1 Å². The third-order valence-corrected chi connectivity index (χ3v) is 6.54. The van der Waals surface area contributed by atoms with Gasteiger partial charge in [0.1, 0.15) is 11.5 Å². The maximum Gasteiger partial charge on any atom is 0.116 e. The number of H-pyrrole nitrogens is 2. The predicted octanol–water partition coefficient (Wildman–Crippen LogP) is 5.54. The monoisotopic (exact) mass is 410 g/mol. The highest BCUT2D eigenvalue weighted by atomic mass is 32.1. The van der Waals surface area contributed by atoms with Crippen molar-refractivity contribution in [2.45, 2.75) is 6.92 Å². The fourth-order valence-corrected chi connectivity index (χ4v) is 4.70. The molecule has 7 heteroatoms. The van der Waals surface area contributed by atoms with Crippen molar-refractivity contribution in [2.75, 3.05) is 0 Å². The van der Waals surface area contributed by atoms with E-state index in [1.807, 2.05) is 30.9 Å². The van der Waals surface area contributed by atoms with E-state index in [1.54, 1.807) is 11.3 Å². The van der Waals surface area contributed by atoms with E-state index in [2.05, 4.69) is 73.0 Å². The van der Waals surface area contributed by atoms with E-state index >= 15 is 0 Å². The Balaban J connectivity index is 1.53. The van der Waals surface area contributed by atoms with Gasteiger partial charge in [0.25, 0.3) is 0 Å². The van der Waals surface area contributed by atoms with Gasteiger partial charge in [0, 0.05) is 33.8 Å². The summed E-state index contributed by atoms with van der Waals surface area (Å²) in [6, 6.07) is 14.9. The summed E-state index contributed by atoms with van der Waals surface area (Å²) in [4.78, 5) is 13.8. The van der Waals surface area contributed by atoms with Crippen molar-refractivity contribution in [1.82, 2.24) is 29.7 Å². The molecule has 0 amide bonds. The molecule has 6 rings (SSSR count). The second-order valence-corrected chi connectivity index (χ2v) is 8.31. The Morgan fingerprint density at radius 3 is 2.70 bits per heavy atom. The molecular weight excluding hydrogens is 392 g/mol. The molecule has 0 spiro atoms. The lowest BCUT2D eigenvalue weighted by Crippen LogP contribution is -1.95. The minimum absolute atomic E-state index is 0.878. The summed E-state index contributed by atoms with van der Waals surface area (Å²) in [5.41, 5.74) is 6.98. The van der Waals surface area contributed by atoms with Crippen molar-refractivity contribution in [3.8, 4) is 33.2 Å². The summed E-state index contributed by atoms with van der Waals surface area (Å²) in [6.45, 7) is 1.99. The Morgan fingerprint density at radius 1 is 0.967 bits per heavy atom. The highest BCUT2D eigenvalue weighted by molar-refractivity contribution is 7.13. The van der Waals surface area contributed by atoms with Gasteiger partial charge in [-0.2, -0.15) is 5.10 Å². The Hall–Kier alpha value is -3.71. The maximum atomic E-state index is 4.61. The summed E-state index contributed by atoms with van der Waals surface area (Å²) >= 11 is 1.75. The number of hydrogen-bond donors (Lipinski definition) is 2. The van der Waals surface area contributed by atoms with E-state index in [0.717, 1.165) is 45.0 Å². The van der Waals surface area contributed by atoms with Crippen molar-refractivity contribution in [2.24, 2.45) is 7.05 Å². The number of hydrogen-bond acceptors (Lipinski definition) is 4. The Bertz CT molecular complexity index is 1520. The van der Waals surface area contributed by atoms with Crippen LogP contribution in [0.25, 0.3) is 55.0 Å². The topological polar surface area (TPSA) is 75.2 Å². The first-order chi connectivity index (χ1) is 14.7. The minimum atomic E-state index is 0.878. The zero-order valence-corrected chi connectivity index (χ0v) is 17.3. The third-order valence-electron chi connectivity index (χ3n) is 5.64. The van der Waals surface area contributed by atoms with Crippen LogP contribution in [0.4, 0.5) is 0 Å². The second-order valence-electron chi connectivity index (χ2n) is 7.36. The van der Waals surface area contributed by atoms with Crippen LogP contribution in [0.15, 0.2) is 60.2 Å². The van der Waals surface area contributed by atoms with E-state index in [0.29, 0.717) is 0 Å². The van der Waals surface area contributed by atoms with Crippen LogP contribution >= 0.6 is 11.3 Å². The van der Waals surface area contributed by atoms with E-state index in [1.165, 1.54) is 15.8 Å². The molecular formula is C23H18N6S. The Kier molecular flexibility index (Phi) is 3.66. The number of nitrogens with one attached hydrogen (secondary N) is 2. The van der Waals surface area contributed by atoms with Crippen molar-refractivity contribution in [1.29, 1.82) is 0 Å². The molecule has 0 aliphatic rings. The predicted molar refractivity (Wildman–Crippen MR) is 121 cm³/mol. The third kappa shape index (κ3) is 2.52. The molecule has 5 aromatic heterocycles. The number of aromatic nitrogens is 6. The Labute approximate surface area is 176 Å². The van der Waals surface area contributed by atoms with Crippen LogP contribution in [0, 0.1) is 6.92 Å². The van der Waals surface area contributed by atoms with E-state index in [-0.39, 0.29) is 0 Å². The molecule has 0 aliphatic carbocycles. The highest BCUT2D eigenvalue weighted by Crippen LogP contribution is 2.36. The molecule has 0 atom stereocenters. The van der Waals surface area contributed by atoms with Gasteiger partial charge in [0.15, 0.2) is 0 Å². The second kappa shape index (κ2) is 6.40. The summed E-state index contributed by atoms with van der Waals surface area (Å²) in [5.74, 6) is 0.955. The molecule has 0 unspecified atom stereocenters. The lowest BCUT2D eigenvalue weighted by Gasteiger charge is -2.03. The highest BCUT2D eigenvalue weighted by Gasteiger charge is 2.16. The zero-order valence-electron chi connectivity index (χ0n) is 16.5. The fraction of sp³-hybridized carbons (Fsp3) is 0.0870. The Morgan fingerprint density at radius 2 is 1.90 bits per heavy atom. The standard InChI is InChI=1S/C23H18N6S/c1-13-24-12-21(29(13)2)18-10-16-20(11-25-18)27-28-23(16)19-9-15-14(22-7-4-8-30-22)5-3-6-17(15)26-19/h3-12,26H,1-2H3,(H,27,28). The first kappa shape index (κ1) is 17.2. The first-order valence-electron chi connectivity index (χ1n) is 9.68. The molecule has 0 saturated carbocycles. The van der Waals surface area contributed by atoms with Gasteiger partial charge in [-0.25, -0.2) is 4.98 Å². The van der Waals surface area contributed by atoms with Gasteiger partial charge in [-0.05, 0) is 36.6 Å². The van der Waals surface area contributed by atoms with Crippen LogP contribution in [-0.4, -0.2) is 29.7 Å². The zero-order chi connectivity index (χ0) is 20.2. The van der Waals surface area contributed by atoms with Gasteiger partial charge in [-0.1, -0.05) is 18.2 Å². The molecule has 0 saturated heterocycles. The van der Waals surface area contributed by atoms with Gasteiger partial charge >= 0.3 is 0 Å². The number of imidazole rings is 1. The molecule has 1 aromatic carbocycles. The average molecular weight is 411 g/mol. The molecule has 6 nitrogen and oxygen atoms in total. The van der Waals surface area contributed by atoms with Crippen molar-refractivity contribution in [3.05, 3.63) is 66.1 Å². The normalized spacial score (nSPS) is 11.7. The van der Waals surface area contributed by atoms with Crippen LogP contribution in [0.2, 0.25) is 0 Å². The lowest BCUT2D eigenvalue weighted by atomic mass is 10.1. The number of benzene rings is 1. The van der Waals surface area contributed by atoms with Crippen molar-refractivity contribution in [3.63, 3.8) is 0 Å². The lowest BCUT2D eigenvalue weighted by molar-refractivity contribution is 0.862. The molecule has 146 valence electrons. The summed E-state index contributed by atoms with van der Waals surface area (Å²) in [5, 5.41) is 12.1. The fourth-order valence-electron chi connectivity index (χ4n) is 3.93. The molecule has 2 N–H and O–H groups in total. The minimum Gasteiger partial charge on any atom is -0.353 e. The van der Waals surface area contributed by atoms with Gasteiger partial charge in [0.2, 0.25) is 0 Å². The number of pyridine rings is 1. The largest absolute Gasteiger partial charge is 0.353 e. The van der Waals surface area contributed by atoms with Crippen LogP contribution in [0.3, 0.4) is 0 Å². The van der Waals surface area contributed by atoms with E-state index < -0.39 is 0 Å². The van der Waals surface area contributed by atoms with Crippen LogP contribution in [-0.2, 0) is 7.05 Å². The quantitative estimate of drug-likeness (QED) is 0.402. The molecule has 0 aliphatic heterocycles. The number of aryl methyl sites for hydroxylation is 1. The molecule has 0 radical (unpaired) electrons. The number of fused-ring (bicyclic) bond motifs is 2.